The molecule has 0 aliphatic carbocycles. The van der Waals surface area contributed by atoms with Crippen LogP contribution in [0.25, 0.3) is 0 Å². The van der Waals surface area contributed by atoms with E-state index < -0.39 is 0 Å². The Bertz CT molecular complexity index is 614. The van der Waals surface area contributed by atoms with E-state index in [2.05, 4.69) is 21.2 Å². The molecule has 20 heavy (non-hydrogen) atoms. The van der Waals surface area contributed by atoms with Crippen molar-refractivity contribution in [2.24, 2.45) is 0 Å². The van der Waals surface area contributed by atoms with Gasteiger partial charge in [-0.25, -0.2) is 0 Å². The summed E-state index contributed by atoms with van der Waals surface area (Å²) in [6, 6.07) is 12.8. The van der Waals surface area contributed by atoms with Gasteiger partial charge in [0.15, 0.2) is 0 Å². The van der Waals surface area contributed by atoms with Gasteiger partial charge in [0, 0.05) is 16.0 Å². The quantitative estimate of drug-likeness (QED) is 0.740. The molecule has 104 valence electrons. The lowest BCUT2D eigenvalue weighted by molar-refractivity contribution is 0.102. The molecule has 2 aromatic carbocycles. The fourth-order valence-electron chi connectivity index (χ4n) is 1.74. The monoisotopic (exact) mass is 371 g/mol. The number of anilines is 1. The Hall–Kier alpha value is -1.03. The lowest BCUT2D eigenvalue weighted by Crippen LogP contribution is -2.12. The van der Waals surface area contributed by atoms with Crippen LogP contribution in [0.3, 0.4) is 0 Å². The van der Waals surface area contributed by atoms with E-state index in [4.69, 9.17) is 23.2 Å². The van der Waals surface area contributed by atoms with Gasteiger partial charge in [-0.3, -0.25) is 4.79 Å². The van der Waals surface area contributed by atoms with E-state index in [-0.39, 0.29) is 5.91 Å². The maximum atomic E-state index is 12.2. The van der Waals surface area contributed by atoms with E-state index in [9.17, 15) is 4.79 Å². The molecular formula is C15H12BrCl2NO. The van der Waals surface area contributed by atoms with Crippen LogP contribution in [0.1, 0.15) is 15.9 Å². The number of benzene rings is 2. The summed E-state index contributed by atoms with van der Waals surface area (Å²) >= 11 is 15.1. The van der Waals surface area contributed by atoms with E-state index in [1.165, 1.54) is 0 Å². The minimum atomic E-state index is -0.235. The van der Waals surface area contributed by atoms with Gasteiger partial charge >= 0.3 is 0 Å². The first-order chi connectivity index (χ1) is 9.61. The van der Waals surface area contributed by atoms with Crippen molar-refractivity contribution in [3.63, 3.8) is 0 Å². The first-order valence-corrected chi connectivity index (χ1v) is 7.72. The number of amides is 1. The molecule has 0 spiro atoms. The molecule has 0 unspecified atom stereocenters. The summed E-state index contributed by atoms with van der Waals surface area (Å²) in [7, 11) is 0. The number of alkyl halides is 1. The molecular weight excluding hydrogens is 361 g/mol. The minimum absolute atomic E-state index is 0.235. The molecule has 0 heterocycles. The van der Waals surface area contributed by atoms with Crippen LogP contribution in [0, 0.1) is 0 Å². The van der Waals surface area contributed by atoms with Crippen molar-refractivity contribution in [1.82, 2.24) is 0 Å². The number of hydrogen-bond donors (Lipinski definition) is 1. The van der Waals surface area contributed by atoms with Crippen molar-refractivity contribution in [2.45, 2.75) is 6.42 Å². The van der Waals surface area contributed by atoms with Crippen LogP contribution < -0.4 is 5.32 Å². The summed E-state index contributed by atoms with van der Waals surface area (Å²) < 4.78 is 0.698. The van der Waals surface area contributed by atoms with Crippen molar-refractivity contribution in [3.8, 4) is 0 Å². The van der Waals surface area contributed by atoms with Crippen molar-refractivity contribution in [1.29, 1.82) is 0 Å². The zero-order chi connectivity index (χ0) is 14.5. The second-order valence-corrected chi connectivity index (χ2v) is 5.80. The average molecular weight is 373 g/mol. The standard InChI is InChI=1S/C15H12BrCl2NO/c16-13-3-1-2-12(14(13)18)15(20)19-11-6-4-10(5-7-11)8-9-17/h1-7H,8-9H2,(H,19,20). The van der Waals surface area contributed by atoms with Gasteiger partial charge in [-0.15, -0.1) is 11.6 Å². The van der Waals surface area contributed by atoms with Gasteiger partial charge in [-0.05, 0) is 52.2 Å². The second kappa shape index (κ2) is 7.11. The maximum absolute atomic E-state index is 12.2. The highest BCUT2D eigenvalue weighted by molar-refractivity contribution is 9.10. The number of nitrogens with one attached hydrogen (secondary N) is 1. The number of halogens is 3. The Labute approximate surface area is 136 Å². The molecule has 0 aromatic heterocycles. The third-order valence-corrected chi connectivity index (χ3v) is 4.28. The Morgan fingerprint density at radius 2 is 1.85 bits per heavy atom. The summed E-state index contributed by atoms with van der Waals surface area (Å²) in [5.74, 6) is 0.348. The fourth-order valence-corrected chi connectivity index (χ4v) is 2.54. The van der Waals surface area contributed by atoms with E-state index in [0.717, 1.165) is 17.7 Å². The molecule has 0 saturated carbocycles. The highest BCUT2D eigenvalue weighted by Crippen LogP contribution is 2.26. The molecule has 0 radical (unpaired) electrons. The molecule has 2 aromatic rings. The van der Waals surface area contributed by atoms with Gasteiger partial charge in [0.2, 0.25) is 0 Å². The van der Waals surface area contributed by atoms with Gasteiger partial charge in [-0.2, -0.15) is 0 Å². The normalized spacial score (nSPS) is 10.3. The number of hydrogen-bond acceptors (Lipinski definition) is 1. The third-order valence-electron chi connectivity index (χ3n) is 2.79. The first-order valence-electron chi connectivity index (χ1n) is 6.02. The highest BCUT2D eigenvalue weighted by Gasteiger charge is 2.12. The highest BCUT2D eigenvalue weighted by atomic mass is 79.9. The summed E-state index contributed by atoms with van der Waals surface area (Å²) in [4.78, 5) is 12.2. The van der Waals surface area contributed by atoms with Crippen LogP contribution in [-0.4, -0.2) is 11.8 Å². The van der Waals surface area contributed by atoms with Gasteiger partial charge in [0.05, 0.1) is 10.6 Å². The van der Waals surface area contributed by atoms with Gasteiger partial charge in [0.25, 0.3) is 5.91 Å². The molecule has 1 N–H and O–H groups in total. The summed E-state index contributed by atoms with van der Waals surface area (Å²) in [5.41, 5.74) is 2.30. The van der Waals surface area contributed by atoms with E-state index in [0.29, 0.717) is 20.9 Å². The van der Waals surface area contributed by atoms with E-state index in [1.807, 2.05) is 24.3 Å². The van der Waals surface area contributed by atoms with Gasteiger partial charge < -0.3 is 5.32 Å². The molecule has 0 aliphatic rings. The third kappa shape index (κ3) is 3.75. The van der Waals surface area contributed by atoms with Gasteiger partial charge in [-0.1, -0.05) is 29.8 Å². The molecule has 2 nitrogen and oxygen atoms in total. The molecule has 0 bridgehead atoms. The summed E-state index contributed by atoms with van der Waals surface area (Å²) in [6.45, 7) is 0. The number of carbonyl (C=O) groups is 1. The summed E-state index contributed by atoms with van der Waals surface area (Å²) in [5, 5.41) is 3.22. The number of aryl methyl sites for hydroxylation is 1. The molecule has 1 amide bonds. The fraction of sp³-hybridized carbons (Fsp3) is 0.133. The predicted octanol–water partition coefficient (Wildman–Crippen LogP) is 5.14. The smallest absolute Gasteiger partial charge is 0.257 e. The minimum Gasteiger partial charge on any atom is -0.322 e. The van der Waals surface area contributed by atoms with E-state index in [1.54, 1.807) is 18.2 Å². The lowest BCUT2D eigenvalue weighted by atomic mass is 10.1. The predicted molar refractivity (Wildman–Crippen MR) is 88.0 cm³/mol. The Morgan fingerprint density at radius 3 is 2.50 bits per heavy atom. The number of carbonyl (C=O) groups excluding carboxylic acids is 1. The zero-order valence-electron chi connectivity index (χ0n) is 10.5. The van der Waals surface area contributed by atoms with Crippen molar-refractivity contribution < 1.29 is 4.79 Å². The van der Waals surface area contributed by atoms with Crippen LogP contribution in [0.15, 0.2) is 46.9 Å². The van der Waals surface area contributed by atoms with Crippen LogP contribution in [0.4, 0.5) is 5.69 Å². The van der Waals surface area contributed by atoms with Crippen LogP contribution in [-0.2, 0) is 6.42 Å². The maximum Gasteiger partial charge on any atom is 0.257 e. The van der Waals surface area contributed by atoms with Gasteiger partial charge in [0.1, 0.15) is 0 Å². The largest absolute Gasteiger partial charge is 0.322 e. The first kappa shape index (κ1) is 15.4. The van der Waals surface area contributed by atoms with Crippen LogP contribution in [0.2, 0.25) is 5.02 Å². The Balaban J connectivity index is 2.13. The Morgan fingerprint density at radius 1 is 1.15 bits per heavy atom. The Kier molecular flexibility index (Phi) is 5.46. The molecule has 2 rings (SSSR count). The molecule has 0 aliphatic heterocycles. The second-order valence-electron chi connectivity index (χ2n) is 4.19. The SMILES string of the molecule is O=C(Nc1ccc(CCCl)cc1)c1cccc(Br)c1Cl. The molecule has 0 atom stereocenters. The van der Waals surface area contributed by atoms with Crippen molar-refractivity contribution >= 4 is 50.7 Å². The zero-order valence-corrected chi connectivity index (χ0v) is 13.6. The van der Waals surface area contributed by atoms with Crippen LogP contribution >= 0.6 is 39.1 Å². The van der Waals surface area contributed by atoms with Crippen LogP contribution in [0.5, 0.6) is 0 Å². The average Bonchev–Trinajstić information content (AvgIpc) is 2.44. The number of rotatable bonds is 4. The molecule has 0 fully saturated rings. The molecule has 0 saturated heterocycles. The molecule has 5 heteroatoms. The van der Waals surface area contributed by atoms with E-state index >= 15 is 0 Å². The lowest BCUT2D eigenvalue weighted by Gasteiger charge is -2.08. The topological polar surface area (TPSA) is 29.1 Å². The van der Waals surface area contributed by atoms with Crippen molar-refractivity contribution in [3.05, 3.63) is 63.1 Å². The van der Waals surface area contributed by atoms with Crippen molar-refractivity contribution in [2.75, 3.05) is 11.2 Å². The summed E-state index contributed by atoms with van der Waals surface area (Å²) in [6.07, 6.45) is 0.813.